The van der Waals surface area contributed by atoms with Gasteiger partial charge < -0.3 is 10.6 Å². The molecule has 0 atom stereocenters. The third kappa shape index (κ3) is 4.22. The summed E-state index contributed by atoms with van der Waals surface area (Å²) >= 11 is 11.9. The standard InChI is InChI=1S/C18H14Cl2N4O2/c1-24-17(25)8-7-15(23-24)11-3-2-4-13(9-11)21-18(26)22-16-6-5-12(19)10-14(16)20/h2-10H,1H3,(H2,21,22,26). The molecule has 0 aliphatic carbocycles. The summed E-state index contributed by atoms with van der Waals surface area (Å²) in [6.07, 6.45) is 0. The number of nitrogens with zero attached hydrogens (tertiary/aromatic N) is 2. The monoisotopic (exact) mass is 388 g/mol. The predicted octanol–water partition coefficient (Wildman–Crippen LogP) is 4.40. The largest absolute Gasteiger partial charge is 0.323 e. The number of benzene rings is 2. The zero-order valence-corrected chi connectivity index (χ0v) is 15.2. The van der Waals surface area contributed by atoms with Gasteiger partial charge in [0.15, 0.2) is 0 Å². The number of carbonyl (C=O) groups is 1. The Morgan fingerprint density at radius 3 is 2.58 bits per heavy atom. The lowest BCUT2D eigenvalue weighted by molar-refractivity contribution is 0.262. The molecule has 8 heteroatoms. The molecule has 0 bridgehead atoms. The number of amides is 2. The van der Waals surface area contributed by atoms with Crippen LogP contribution in [0, 0.1) is 0 Å². The zero-order valence-electron chi connectivity index (χ0n) is 13.7. The number of nitrogens with one attached hydrogen (secondary N) is 2. The van der Waals surface area contributed by atoms with Crippen LogP contribution in [0.5, 0.6) is 0 Å². The molecule has 26 heavy (non-hydrogen) atoms. The lowest BCUT2D eigenvalue weighted by Crippen LogP contribution is -2.20. The highest BCUT2D eigenvalue weighted by molar-refractivity contribution is 6.36. The summed E-state index contributed by atoms with van der Waals surface area (Å²) in [5.74, 6) is 0. The molecule has 0 spiro atoms. The van der Waals surface area contributed by atoms with Crippen LogP contribution in [-0.2, 0) is 7.05 Å². The molecule has 6 nitrogen and oxygen atoms in total. The minimum absolute atomic E-state index is 0.192. The molecular formula is C18H14Cl2N4O2. The Bertz CT molecular complexity index is 1030. The van der Waals surface area contributed by atoms with E-state index in [1.165, 1.54) is 10.7 Å². The van der Waals surface area contributed by atoms with E-state index in [9.17, 15) is 9.59 Å². The molecule has 1 aromatic heterocycles. The van der Waals surface area contributed by atoms with Gasteiger partial charge in [-0.15, -0.1) is 0 Å². The first-order chi connectivity index (χ1) is 12.4. The molecule has 2 amide bonds. The first-order valence-corrected chi connectivity index (χ1v) is 8.36. The molecule has 2 aromatic carbocycles. The van der Waals surface area contributed by atoms with Crippen LogP contribution in [0.1, 0.15) is 0 Å². The van der Waals surface area contributed by atoms with E-state index in [0.29, 0.717) is 27.1 Å². The van der Waals surface area contributed by atoms with Crippen molar-refractivity contribution in [2.24, 2.45) is 7.05 Å². The summed E-state index contributed by atoms with van der Waals surface area (Å²) < 4.78 is 1.25. The van der Waals surface area contributed by atoms with Gasteiger partial charge in [0, 0.05) is 29.4 Å². The number of hydrogen-bond donors (Lipinski definition) is 2. The summed E-state index contributed by atoms with van der Waals surface area (Å²) in [5.41, 5.74) is 2.22. The van der Waals surface area contributed by atoms with Crippen molar-refractivity contribution in [3.8, 4) is 11.3 Å². The molecule has 0 aliphatic heterocycles. The van der Waals surface area contributed by atoms with Crippen molar-refractivity contribution in [1.82, 2.24) is 9.78 Å². The average molecular weight is 389 g/mol. The van der Waals surface area contributed by atoms with Crippen LogP contribution in [0.2, 0.25) is 10.0 Å². The van der Waals surface area contributed by atoms with E-state index in [0.717, 1.165) is 5.56 Å². The Labute approximate surface area is 159 Å². The second-order valence-corrected chi connectivity index (χ2v) is 6.31. The van der Waals surface area contributed by atoms with Crippen LogP contribution < -0.4 is 16.2 Å². The van der Waals surface area contributed by atoms with Crippen LogP contribution in [0.3, 0.4) is 0 Å². The normalized spacial score (nSPS) is 10.4. The zero-order chi connectivity index (χ0) is 18.7. The quantitative estimate of drug-likeness (QED) is 0.697. The van der Waals surface area contributed by atoms with Crippen molar-refractivity contribution >= 4 is 40.6 Å². The SMILES string of the molecule is Cn1nc(-c2cccc(NC(=O)Nc3ccc(Cl)cc3Cl)c2)ccc1=O. The van der Waals surface area contributed by atoms with Crippen molar-refractivity contribution in [3.05, 3.63) is 75.0 Å². The van der Waals surface area contributed by atoms with E-state index in [2.05, 4.69) is 15.7 Å². The van der Waals surface area contributed by atoms with E-state index in [1.807, 2.05) is 6.07 Å². The van der Waals surface area contributed by atoms with Crippen LogP contribution in [0.4, 0.5) is 16.2 Å². The molecule has 2 N–H and O–H groups in total. The maximum atomic E-state index is 12.2. The van der Waals surface area contributed by atoms with Crippen molar-refractivity contribution in [2.45, 2.75) is 0 Å². The molecule has 0 saturated heterocycles. The van der Waals surface area contributed by atoms with Gasteiger partial charge in [0.05, 0.1) is 16.4 Å². The Morgan fingerprint density at radius 1 is 1.04 bits per heavy atom. The number of rotatable bonds is 3. The molecule has 0 fully saturated rings. The number of halogens is 2. The van der Waals surface area contributed by atoms with Gasteiger partial charge in [-0.2, -0.15) is 5.10 Å². The minimum Gasteiger partial charge on any atom is -0.308 e. The minimum atomic E-state index is -0.445. The fourth-order valence-corrected chi connectivity index (χ4v) is 2.74. The first-order valence-electron chi connectivity index (χ1n) is 7.60. The van der Waals surface area contributed by atoms with Gasteiger partial charge in [-0.25, -0.2) is 9.48 Å². The van der Waals surface area contributed by atoms with Gasteiger partial charge >= 0.3 is 6.03 Å². The summed E-state index contributed by atoms with van der Waals surface area (Å²) in [4.78, 5) is 23.6. The highest BCUT2D eigenvalue weighted by Crippen LogP contribution is 2.26. The van der Waals surface area contributed by atoms with E-state index in [1.54, 1.807) is 49.5 Å². The molecule has 0 unspecified atom stereocenters. The molecule has 0 radical (unpaired) electrons. The smallest absolute Gasteiger partial charge is 0.308 e. The molecule has 1 heterocycles. The predicted molar refractivity (Wildman–Crippen MR) is 104 cm³/mol. The second kappa shape index (κ2) is 7.59. The summed E-state index contributed by atoms with van der Waals surface area (Å²) in [5, 5.41) is 10.4. The Morgan fingerprint density at radius 2 is 1.85 bits per heavy atom. The van der Waals surface area contributed by atoms with Gasteiger partial charge in [0.1, 0.15) is 0 Å². The summed E-state index contributed by atoms with van der Waals surface area (Å²) in [7, 11) is 1.58. The Balaban J connectivity index is 1.76. The summed E-state index contributed by atoms with van der Waals surface area (Å²) in [6.45, 7) is 0. The van der Waals surface area contributed by atoms with Gasteiger partial charge in [0.25, 0.3) is 5.56 Å². The fourth-order valence-electron chi connectivity index (χ4n) is 2.29. The third-order valence-corrected chi connectivity index (χ3v) is 4.10. The maximum Gasteiger partial charge on any atom is 0.323 e. The lowest BCUT2D eigenvalue weighted by Gasteiger charge is -2.10. The number of aromatic nitrogens is 2. The topological polar surface area (TPSA) is 76.0 Å². The van der Waals surface area contributed by atoms with Crippen molar-refractivity contribution in [2.75, 3.05) is 10.6 Å². The van der Waals surface area contributed by atoms with Crippen molar-refractivity contribution in [3.63, 3.8) is 0 Å². The number of hydrogen-bond acceptors (Lipinski definition) is 3. The van der Waals surface area contributed by atoms with Crippen molar-refractivity contribution < 1.29 is 4.79 Å². The second-order valence-electron chi connectivity index (χ2n) is 5.46. The van der Waals surface area contributed by atoms with Gasteiger partial charge in [0.2, 0.25) is 0 Å². The molecule has 0 saturated carbocycles. The first kappa shape index (κ1) is 18.0. The number of carbonyl (C=O) groups excluding carboxylic acids is 1. The van der Waals surface area contributed by atoms with E-state index < -0.39 is 6.03 Å². The molecule has 132 valence electrons. The maximum absolute atomic E-state index is 12.2. The molecule has 3 aromatic rings. The fraction of sp³-hybridized carbons (Fsp3) is 0.0556. The van der Waals surface area contributed by atoms with Gasteiger partial charge in [-0.3, -0.25) is 4.79 Å². The molecular weight excluding hydrogens is 375 g/mol. The number of aryl methyl sites for hydroxylation is 1. The lowest BCUT2D eigenvalue weighted by atomic mass is 10.1. The van der Waals surface area contributed by atoms with Crippen LogP contribution in [-0.4, -0.2) is 15.8 Å². The Hall–Kier alpha value is -2.83. The van der Waals surface area contributed by atoms with Crippen LogP contribution in [0.15, 0.2) is 59.4 Å². The van der Waals surface area contributed by atoms with Crippen LogP contribution in [0.25, 0.3) is 11.3 Å². The van der Waals surface area contributed by atoms with Crippen LogP contribution >= 0.6 is 23.2 Å². The molecule has 3 rings (SSSR count). The van der Waals surface area contributed by atoms with Gasteiger partial charge in [-0.05, 0) is 36.4 Å². The van der Waals surface area contributed by atoms with E-state index >= 15 is 0 Å². The van der Waals surface area contributed by atoms with Gasteiger partial charge in [-0.1, -0.05) is 35.3 Å². The Kier molecular flexibility index (Phi) is 5.25. The van der Waals surface area contributed by atoms with E-state index in [-0.39, 0.29) is 5.56 Å². The van der Waals surface area contributed by atoms with E-state index in [4.69, 9.17) is 23.2 Å². The summed E-state index contributed by atoms with van der Waals surface area (Å²) in [6, 6.07) is 14.6. The third-order valence-electron chi connectivity index (χ3n) is 3.56. The highest BCUT2D eigenvalue weighted by atomic mass is 35.5. The number of anilines is 2. The van der Waals surface area contributed by atoms with Crippen molar-refractivity contribution in [1.29, 1.82) is 0 Å². The average Bonchev–Trinajstić information content (AvgIpc) is 2.60. The highest BCUT2D eigenvalue weighted by Gasteiger charge is 2.08. The number of urea groups is 1. The molecule has 0 aliphatic rings.